The molecule has 0 amide bonds. The first-order valence-electron chi connectivity index (χ1n) is 29.1. The first kappa shape index (κ1) is 67.3. The van der Waals surface area contributed by atoms with Gasteiger partial charge in [-0.25, -0.2) is 4.57 Å². The van der Waals surface area contributed by atoms with Gasteiger partial charge in [0.15, 0.2) is 6.10 Å². The zero-order valence-electron chi connectivity index (χ0n) is 45.0. The molecule has 13 nitrogen and oxygen atoms in total. The normalized spacial score (nSPS) is 20.7. The number of allylic oxidation sites excluding steroid dienone is 4. The van der Waals surface area contributed by atoms with Gasteiger partial charge in [-0.3, -0.25) is 18.6 Å². The van der Waals surface area contributed by atoms with Gasteiger partial charge >= 0.3 is 19.8 Å². The molecule has 0 heterocycles. The number of carbonyl (C=O) groups is 2. The van der Waals surface area contributed by atoms with Crippen LogP contribution in [0.2, 0.25) is 0 Å². The predicted molar refractivity (Wildman–Crippen MR) is 286 cm³/mol. The molecule has 0 aliphatic heterocycles. The lowest BCUT2D eigenvalue weighted by Crippen LogP contribution is -2.64. The zero-order valence-corrected chi connectivity index (χ0v) is 45.9. The Kier molecular flexibility index (Phi) is 44.4. The fourth-order valence-corrected chi connectivity index (χ4v) is 10.1. The van der Waals surface area contributed by atoms with Gasteiger partial charge in [-0.2, -0.15) is 0 Å². The van der Waals surface area contributed by atoms with E-state index in [0.717, 1.165) is 57.8 Å². The number of aliphatic hydroxyl groups excluding tert-OH is 5. The van der Waals surface area contributed by atoms with Gasteiger partial charge in [-0.05, 0) is 44.9 Å². The summed E-state index contributed by atoms with van der Waals surface area (Å²) in [4.78, 5) is 36.0. The lowest BCUT2D eigenvalue weighted by molar-refractivity contribution is -0.220. The molecule has 0 spiro atoms. The topological polar surface area (TPSA) is 210 Å². The minimum absolute atomic E-state index is 0.0952. The molecular weight excluding hydrogens is 924 g/mol. The highest BCUT2D eigenvalue weighted by atomic mass is 31.2. The second-order valence-corrected chi connectivity index (χ2v) is 21.9. The van der Waals surface area contributed by atoms with Crippen molar-refractivity contribution in [3.8, 4) is 0 Å². The number of hydrogen-bond acceptors (Lipinski definition) is 12. The number of aliphatic hydroxyl groups is 5. The third-order valence-electron chi connectivity index (χ3n) is 13.8. The smallest absolute Gasteiger partial charge is 0.462 e. The van der Waals surface area contributed by atoms with E-state index in [9.17, 15) is 44.6 Å². The Morgan fingerprint density at radius 2 is 0.761 bits per heavy atom. The van der Waals surface area contributed by atoms with Gasteiger partial charge in [0.2, 0.25) is 0 Å². The van der Waals surface area contributed by atoms with E-state index >= 15 is 0 Å². The third-order valence-corrected chi connectivity index (χ3v) is 14.8. The Morgan fingerprint density at radius 3 is 1.17 bits per heavy atom. The number of rotatable bonds is 50. The standard InChI is InChI=1S/C57H107O13P/c1-3-5-7-9-11-13-15-17-19-21-23-24-25-26-28-29-31-33-35-37-39-41-43-45-50(58)67-47-49(48-68-71(65,66)70-57-55(63)53(61)52(60)54(62)56(57)64)69-51(59)46-44-42-40-38-36-34-32-30-27-22-20-18-16-14-12-10-8-6-4-2/h12,14,18,20,49,52-57,60-64H,3-11,13,15-17,19,21-48H2,1-2H3,(H,65,66)/b14-12-,20-18-. The van der Waals surface area contributed by atoms with Crippen LogP contribution >= 0.6 is 7.82 Å². The number of unbranched alkanes of at least 4 members (excludes halogenated alkanes) is 34. The highest BCUT2D eigenvalue weighted by Gasteiger charge is 2.51. The summed E-state index contributed by atoms with van der Waals surface area (Å²) in [5.41, 5.74) is 0. The molecule has 1 aliphatic carbocycles. The Labute approximate surface area is 432 Å². The molecule has 0 aromatic carbocycles. The van der Waals surface area contributed by atoms with Crippen LogP contribution < -0.4 is 0 Å². The maximum Gasteiger partial charge on any atom is 0.472 e. The molecule has 1 aliphatic rings. The molecule has 71 heavy (non-hydrogen) atoms. The van der Waals surface area contributed by atoms with Crippen LogP contribution in [-0.4, -0.2) is 98.3 Å². The van der Waals surface area contributed by atoms with Crippen molar-refractivity contribution < 1.29 is 63.1 Å². The summed E-state index contributed by atoms with van der Waals surface area (Å²) in [5.74, 6) is -1.09. The SMILES string of the molecule is CCCCC/C=C\C/C=C\CCCCCCCCCCCC(=O)OC(COC(=O)CCCCCCCCCCCCCCCCCCCCCCCCC)COP(=O)(O)OC1C(O)C(O)C(O)C(O)C1O. The Hall–Kier alpha value is -1.67. The Bertz CT molecular complexity index is 1330. The largest absolute Gasteiger partial charge is 0.472 e. The second kappa shape index (κ2) is 46.8. The highest BCUT2D eigenvalue weighted by Crippen LogP contribution is 2.47. The number of carbonyl (C=O) groups excluding carboxylic acids is 2. The fourth-order valence-electron chi connectivity index (χ4n) is 9.14. The minimum Gasteiger partial charge on any atom is -0.462 e. The van der Waals surface area contributed by atoms with Gasteiger partial charge in [0.1, 0.15) is 43.2 Å². The molecular formula is C57H107O13P. The van der Waals surface area contributed by atoms with Crippen LogP contribution in [-0.2, 0) is 32.7 Å². The van der Waals surface area contributed by atoms with E-state index in [4.69, 9.17) is 18.5 Å². The van der Waals surface area contributed by atoms with E-state index in [0.29, 0.717) is 12.8 Å². The molecule has 6 unspecified atom stereocenters. The lowest BCUT2D eigenvalue weighted by atomic mass is 9.85. The summed E-state index contributed by atoms with van der Waals surface area (Å²) < 4.78 is 33.8. The molecule has 0 aromatic heterocycles. The van der Waals surface area contributed by atoms with Crippen LogP contribution in [0, 0.1) is 0 Å². The van der Waals surface area contributed by atoms with Crippen molar-refractivity contribution in [1.29, 1.82) is 0 Å². The van der Waals surface area contributed by atoms with E-state index in [2.05, 4.69) is 38.2 Å². The van der Waals surface area contributed by atoms with E-state index in [1.165, 1.54) is 173 Å². The van der Waals surface area contributed by atoms with Crippen LogP contribution in [0.4, 0.5) is 0 Å². The summed E-state index contributed by atoms with van der Waals surface area (Å²) >= 11 is 0. The second-order valence-electron chi connectivity index (χ2n) is 20.5. The summed E-state index contributed by atoms with van der Waals surface area (Å²) in [6, 6.07) is 0. The fraction of sp³-hybridized carbons (Fsp3) is 0.895. The Morgan fingerprint density at radius 1 is 0.437 bits per heavy atom. The van der Waals surface area contributed by atoms with Crippen LogP contribution in [0.3, 0.4) is 0 Å². The van der Waals surface area contributed by atoms with Crippen molar-refractivity contribution in [2.45, 2.75) is 313 Å². The van der Waals surface area contributed by atoms with Crippen LogP contribution in [0.1, 0.15) is 271 Å². The number of phosphoric ester groups is 1. The molecule has 0 radical (unpaired) electrons. The molecule has 0 aromatic rings. The van der Waals surface area contributed by atoms with Gasteiger partial charge in [-0.1, -0.05) is 237 Å². The predicted octanol–water partition coefficient (Wildman–Crippen LogP) is 13.5. The zero-order chi connectivity index (χ0) is 52.1. The van der Waals surface area contributed by atoms with Crippen molar-refractivity contribution in [1.82, 2.24) is 0 Å². The maximum atomic E-state index is 12.9. The van der Waals surface area contributed by atoms with Crippen molar-refractivity contribution in [3.05, 3.63) is 24.3 Å². The molecule has 6 N–H and O–H groups in total. The van der Waals surface area contributed by atoms with E-state index < -0.39 is 75.7 Å². The quantitative estimate of drug-likeness (QED) is 0.0145. The summed E-state index contributed by atoms with van der Waals surface area (Å²) in [6.45, 7) is 3.33. The maximum absolute atomic E-state index is 12.9. The molecule has 14 heteroatoms. The van der Waals surface area contributed by atoms with E-state index in [1.807, 2.05) is 0 Å². The minimum atomic E-state index is -5.12. The third kappa shape index (κ3) is 38.5. The Balaban J connectivity index is 2.31. The molecule has 1 rings (SSSR count). The van der Waals surface area contributed by atoms with Gasteiger partial charge in [-0.15, -0.1) is 0 Å². The van der Waals surface area contributed by atoms with Gasteiger partial charge < -0.3 is 39.9 Å². The van der Waals surface area contributed by atoms with Crippen LogP contribution in [0.15, 0.2) is 24.3 Å². The number of phosphoric acid groups is 1. The number of hydrogen-bond donors (Lipinski definition) is 6. The summed E-state index contributed by atoms with van der Waals surface area (Å²) in [6.07, 6.45) is 42.2. The summed E-state index contributed by atoms with van der Waals surface area (Å²) in [5, 5.41) is 50.4. The molecule has 6 atom stereocenters. The van der Waals surface area contributed by atoms with Crippen molar-refractivity contribution in [2.75, 3.05) is 13.2 Å². The van der Waals surface area contributed by atoms with Gasteiger partial charge in [0.05, 0.1) is 6.61 Å². The van der Waals surface area contributed by atoms with Gasteiger partial charge in [0.25, 0.3) is 0 Å². The highest BCUT2D eigenvalue weighted by molar-refractivity contribution is 7.47. The molecule has 0 saturated heterocycles. The number of esters is 2. The molecule has 1 saturated carbocycles. The first-order valence-corrected chi connectivity index (χ1v) is 30.6. The summed E-state index contributed by atoms with van der Waals surface area (Å²) in [7, 11) is -5.12. The van der Waals surface area contributed by atoms with E-state index in [1.54, 1.807) is 0 Å². The molecule has 418 valence electrons. The molecule has 1 fully saturated rings. The average Bonchev–Trinajstić information content (AvgIpc) is 3.35. The van der Waals surface area contributed by atoms with Crippen molar-refractivity contribution in [3.63, 3.8) is 0 Å². The van der Waals surface area contributed by atoms with Crippen LogP contribution in [0.5, 0.6) is 0 Å². The van der Waals surface area contributed by atoms with Crippen molar-refractivity contribution in [2.24, 2.45) is 0 Å². The lowest BCUT2D eigenvalue weighted by Gasteiger charge is -2.41. The number of ether oxygens (including phenoxy) is 2. The van der Waals surface area contributed by atoms with Gasteiger partial charge in [0, 0.05) is 12.8 Å². The average molecular weight is 1030 g/mol. The monoisotopic (exact) mass is 1030 g/mol. The van der Waals surface area contributed by atoms with Crippen LogP contribution in [0.25, 0.3) is 0 Å². The first-order chi connectivity index (χ1) is 34.4. The van der Waals surface area contributed by atoms with Crippen molar-refractivity contribution >= 4 is 19.8 Å². The van der Waals surface area contributed by atoms with E-state index in [-0.39, 0.29) is 12.8 Å². The molecule has 0 bridgehead atoms.